The second-order valence-electron chi connectivity index (χ2n) is 6.87. The summed E-state index contributed by atoms with van der Waals surface area (Å²) in [6.45, 7) is 1.04. The Labute approximate surface area is 178 Å². The maximum absolute atomic E-state index is 12.5. The van der Waals surface area contributed by atoms with Crippen LogP contribution < -0.4 is 10.2 Å². The Morgan fingerprint density at radius 1 is 1.36 bits per heavy atom. The zero-order valence-electron chi connectivity index (χ0n) is 15.8. The van der Waals surface area contributed by atoms with Gasteiger partial charge in [-0.2, -0.15) is 18.3 Å². The van der Waals surface area contributed by atoms with Gasteiger partial charge in [0.15, 0.2) is 5.96 Å². The first-order valence-electron chi connectivity index (χ1n) is 8.81. The fourth-order valence-corrected chi connectivity index (χ4v) is 3.50. The van der Waals surface area contributed by atoms with E-state index in [2.05, 4.69) is 15.4 Å². The molecule has 1 amide bonds. The third-order valence-electron chi connectivity index (χ3n) is 4.74. The first-order valence-corrected chi connectivity index (χ1v) is 8.81. The van der Waals surface area contributed by atoms with Gasteiger partial charge in [-0.3, -0.25) is 19.4 Å². The van der Waals surface area contributed by atoms with Gasteiger partial charge >= 0.3 is 6.18 Å². The number of nitrogens with zero attached hydrogens (tertiary/aromatic N) is 6. The van der Waals surface area contributed by atoms with Gasteiger partial charge in [0.25, 0.3) is 0 Å². The Bertz CT molecular complexity index is 709. The van der Waals surface area contributed by atoms with E-state index in [1.54, 1.807) is 36.1 Å². The topological polar surface area (TPSA) is 69.0 Å². The molecule has 3 rings (SSSR count). The molecular formula is C16H25F3IN7O. The maximum Gasteiger partial charge on any atom is 0.401 e. The lowest BCUT2D eigenvalue weighted by Gasteiger charge is -2.36. The van der Waals surface area contributed by atoms with Gasteiger partial charge in [-0.15, -0.1) is 24.0 Å². The molecule has 1 aromatic rings. The van der Waals surface area contributed by atoms with E-state index in [0.29, 0.717) is 38.6 Å². The molecule has 0 aliphatic carbocycles. The highest BCUT2D eigenvalue weighted by molar-refractivity contribution is 14.0. The van der Waals surface area contributed by atoms with E-state index in [1.807, 2.05) is 4.90 Å². The van der Waals surface area contributed by atoms with Gasteiger partial charge in [0, 0.05) is 52.5 Å². The molecular weight excluding hydrogens is 490 g/mol. The molecule has 28 heavy (non-hydrogen) atoms. The van der Waals surface area contributed by atoms with E-state index in [0.717, 1.165) is 5.69 Å². The number of likely N-dealkylation sites (tertiary alicyclic amines) is 1. The Kier molecular flexibility index (Phi) is 7.53. The Hall–Kier alpha value is -1.57. The van der Waals surface area contributed by atoms with E-state index in [9.17, 15) is 18.0 Å². The number of halogens is 4. The van der Waals surface area contributed by atoms with Crippen molar-refractivity contribution in [1.29, 1.82) is 0 Å². The predicted molar refractivity (Wildman–Crippen MR) is 110 cm³/mol. The zero-order chi connectivity index (χ0) is 19.6. The number of anilines is 1. The number of aryl methyl sites for hydroxylation is 1. The summed E-state index contributed by atoms with van der Waals surface area (Å²) in [7, 11) is 3.41. The van der Waals surface area contributed by atoms with Gasteiger partial charge < -0.3 is 15.1 Å². The molecule has 3 heterocycles. The van der Waals surface area contributed by atoms with Crippen molar-refractivity contribution < 1.29 is 18.0 Å². The summed E-state index contributed by atoms with van der Waals surface area (Å²) in [6.07, 6.45) is -0.146. The van der Waals surface area contributed by atoms with Crippen LogP contribution in [0, 0.1) is 0 Å². The van der Waals surface area contributed by atoms with Crippen LogP contribution in [0.4, 0.5) is 18.9 Å². The van der Waals surface area contributed by atoms with Crippen LogP contribution in [0.1, 0.15) is 6.42 Å². The molecule has 0 spiro atoms. The Morgan fingerprint density at radius 3 is 2.68 bits per heavy atom. The number of aromatic nitrogens is 2. The Balaban J connectivity index is 0.00000280. The lowest BCUT2D eigenvalue weighted by molar-refractivity contribution is -0.143. The van der Waals surface area contributed by atoms with Gasteiger partial charge in [-0.05, 0) is 6.42 Å². The molecule has 0 aromatic carbocycles. The normalized spacial score (nSPS) is 21.8. The SMILES string of the molecule is CN=C(NC1CCN(CC(F)(F)F)C1)N1CCN(c2cnn(C)c2)C(=O)C1.I. The minimum atomic E-state index is -4.19. The smallest absolute Gasteiger partial charge is 0.352 e. The van der Waals surface area contributed by atoms with Crippen LogP contribution in [0.15, 0.2) is 17.4 Å². The second-order valence-corrected chi connectivity index (χ2v) is 6.87. The number of guanidine groups is 1. The summed E-state index contributed by atoms with van der Waals surface area (Å²) >= 11 is 0. The molecule has 1 atom stereocenters. The van der Waals surface area contributed by atoms with Crippen molar-refractivity contribution in [2.24, 2.45) is 12.0 Å². The van der Waals surface area contributed by atoms with Crippen molar-refractivity contribution in [2.45, 2.75) is 18.6 Å². The molecule has 1 aromatic heterocycles. The molecule has 2 saturated heterocycles. The van der Waals surface area contributed by atoms with Crippen molar-refractivity contribution in [1.82, 2.24) is 24.9 Å². The number of nitrogens with one attached hydrogen (secondary N) is 1. The van der Waals surface area contributed by atoms with E-state index < -0.39 is 12.7 Å². The molecule has 1 unspecified atom stereocenters. The minimum absolute atomic E-state index is 0. The predicted octanol–water partition coefficient (Wildman–Crippen LogP) is 0.899. The number of amides is 1. The Morgan fingerprint density at radius 2 is 2.11 bits per heavy atom. The van der Waals surface area contributed by atoms with Crippen LogP contribution >= 0.6 is 24.0 Å². The fourth-order valence-electron chi connectivity index (χ4n) is 3.50. The van der Waals surface area contributed by atoms with Gasteiger partial charge in [0.2, 0.25) is 5.91 Å². The number of aliphatic imine (C=N–C) groups is 1. The molecule has 0 bridgehead atoms. The molecule has 0 radical (unpaired) electrons. The van der Waals surface area contributed by atoms with Gasteiger partial charge in [-0.25, -0.2) is 0 Å². The molecule has 158 valence electrons. The van der Waals surface area contributed by atoms with Crippen LogP contribution in [0.5, 0.6) is 0 Å². The van der Waals surface area contributed by atoms with E-state index >= 15 is 0 Å². The van der Waals surface area contributed by atoms with Crippen molar-refractivity contribution in [3.8, 4) is 0 Å². The highest BCUT2D eigenvalue weighted by Gasteiger charge is 2.35. The molecule has 2 fully saturated rings. The van der Waals surface area contributed by atoms with Crippen molar-refractivity contribution in [3.05, 3.63) is 12.4 Å². The number of carbonyl (C=O) groups excluding carboxylic acids is 1. The summed E-state index contributed by atoms with van der Waals surface area (Å²) < 4.78 is 39.2. The first-order chi connectivity index (χ1) is 12.7. The van der Waals surface area contributed by atoms with Crippen LogP contribution in [0.2, 0.25) is 0 Å². The van der Waals surface area contributed by atoms with Crippen molar-refractivity contribution in [2.75, 3.05) is 51.2 Å². The molecule has 2 aliphatic rings. The minimum Gasteiger partial charge on any atom is -0.352 e. The molecule has 2 aliphatic heterocycles. The van der Waals surface area contributed by atoms with Crippen LogP contribution in [-0.4, -0.2) is 90.0 Å². The molecule has 8 nitrogen and oxygen atoms in total. The van der Waals surface area contributed by atoms with E-state index in [1.165, 1.54) is 4.90 Å². The number of piperazine rings is 1. The number of hydrogen-bond acceptors (Lipinski definition) is 4. The van der Waals surface area contributed by atoms with Crippen LogP contribution in [0.3, 0.4) is 0 Å². The lowest BCUT2D eigenvalue weighted by Crippen LogP contribution is -2.57. The number of rotatable bonds is 3. The third kappa shape index (κ3) is 5.72. The summed E-state index contributed by atoms with van der Waals surface area (Å²) in [6, 6.07) is -0.113. The summed E-state index contributed by atoms with van der Waals surface area (Å²) in [5.74, 6) is 0.482. The van der Waals surface area contributed by atoms with Gasteiger partial charge in [0.1, 0.15) is 6.54 Å². The van der Waals surface area contributed by atoms with Crippen molar-refractivity contribution in [3.63, 3.8) is 0 Å². The van der Waals surface area contributed by atoms with Crippen LogP contribution in [0.25, 0.3) is 0 Å². The lowest BCUT2D eigenvalue weighted by atomic mass is 10.2. The highest BCUT2D eigenvalue weighted by atomic mass is 127. The quantitative estimate of drug-likeness (QED) is 0.368. The largest absolute Gasteiger partial charge is 0.401 e. The summed E-state index contributed by atoms with van der Waals surface area (Å²) in [5, 5.41) is 7.30. The molecule has 12 heteroatoms. The average molecular weight is 515 g/mol. The standard InChI is InChI=1S/C16H24F3N7O.HI/c1-20-15(22-12-3-4-24(8-12)11-16(17,18)19)25-5-6-26(14(27)10-25)13-7-21-23(2)9-13;/h7,9,12H,3-6,8,10-11H2,1-2H3,(H,20,22);1H. The summed E-state index contributed by atoms with van der Waals surface area (Å²) in [4.78, 5) is 21.6. The zero-order valence-corrected chi connectivity index (χ0v) is 18.1. The second kappa shape index (κ2) is 9.29. The van der Waals surface area contributed by atoms with Crippen molar-refractivity contribution >= 4 is 41.5 Å². The first kappa shape index (κ1) is 22.7. The van der Waals surface area contributed by atoms with Gasteiger partial charge in [0.05, 0.1) is 18.4 Å². The summed E-state index contributed by atoms with van der Waals surface area (Å²) in [5.41, 5.74) is 0.753. The fraction of sp³-hybridized carbons (Fsp3) is 0.688. The van der Waals surface area contributed by atoms with E-state index in [4.69, 9.17) is 0 Å². The van der Waals surface area contributed by atoms with E-state index in [-0.39, 0.29) is 42.5 Å². The van der Waals surface area contributed by atoms with Gasteiger partial charge in [-0.1, -0.05) is 0 Å². The monoisotopic (exact) mass is 515 g/mol. The molecule has 1 N–H and O–H groups in total. The number of alkyl halides is 3. The molecule has 0 saturated carbocycles. The third-order valence-corrected chi connectivity index (χ3v) is 4.74. The number of carbonyl (C=O) groups is 1. The number of hydrogen-bond donors (Lipinski definition) is 1. The highest BCUT2D eigenvalue weighted by Crippen LogP contribution is 2.20. The maximum atomic E-state index is 12.5. The average Bonchev–Trinajstić information content (AvgIpc) is 3.20. The van der Waals surface area contributed by atoms with Crippen LogP contribution in [-0.2, 0) is 11.8 Å².